The second-order valence-corrected chi connectivity index (χ2v) is 4.30. The minimum Gasteiger partial charge on any atom is -0.354 e. The predicted octanol–water partition coefficient (Wildman–Crippen LogP) is 1.88. The maximum absolute atomic E-state index is 5.22. The molecule has 0 aliphatic rings. The van der Waals surface area contributed by atoms with Gasteiger partial charge in [0, 0.05) is 25.0 Å². The molecule has 0 saturated heterocycles. The fourth-order valence-electron chi connectivity index (χ4n) is 1.43. The highest BCUT2D eigenvalue weighted by Gasteiger charge is 2.07. The Bertz CT molecular complexity index is 453. The van der Waals surface area contributed by atoms with Gasteiger partial charge in [-0.15, -0.1) is 0 Å². The van der Waals surface area contributed by atoms with Crippen molar-refractivity contribution in [3.05, 3.63) is 30.4 Å². The lowest BCUT2D eigenvalue weighted by Gasteiger charge is -2.03. The zero-order chi connectivity index (χ0) is 12.1. The summed E-state index contributed by atoms with van der Waals surface area (Å²) in [6, 6.07) is 1.89. The van der Waals surface area contributed by atoms with Crippen LogP contribution in [0.2, 0.25) is 0 Å². The van der Waals surface area contributed by atoms with Gasteiger partial charge in [0.05, 0.1) is 11.9 Å². The van der Waals surface area contributed by atoms with Gasteiger partial charge in [0.25, 0.3) is 0 Å². The van der Waals surface area contributed by atoms with Crippen LogP contribution in [0.4, 0.5) is 0 Å². The molecule has 5 nitrogen and oxygen atoms in total. The van der Waals surface area contributed by atoms with Gasteiger partial charge in [-0.2, -0.15) is 0 Å². The lowest BCUT2D eigenvalue weighted by atomic mass is 10.2. The van der Waals surface area contributed by atoms with Crippen molar-refractivity contribution in [3.8, 4) is 11.5 Å². The largest absolute Gasteiger partial charge is 0.354 e. The molecule has 0 unspecified atom stereocenters. The summed E-state index contributed by atoms with van der Waals surface area (Å²) in [6.45, 7) is 6.01. The first kappa shape index (κ1) is 11.7. The van der Waals surface area contributed by atoms with Gasteiger partial charge in [-0.25, -0.2) is 4.98 Å². The minimum absolute atomic E-state index is 0.626. The van der Waals surface area contributed by atoms with Crippen molar-refractivity contribution < 1.29 is 4.52 Å². The molecule has 0 atom stereocenters. The molecular weight excluding hydrogens is 216 g/mol. The molecule has 2 aromatic rings. The molecule has 2 rings (SSSR count). The van der Waals surface area contributed by atoms with E-state index in [9.17, 15) is 0 Å². The van der Waals surface area contributed by atoms with E-state index in [0.717, 1.165) is 12.2 Å². The Kier molecular flexibility index (Phi) is 3.82. The monoisotopic (exact) mass is 232 g/mol. The first-order valence-corrected chi connectivity index (χ1v) is 5.68. The molecule has 2 aromatic heterocycles. The van der Waals surface area contributed by atoms with Gasteiger partial charge in [0.2, 0.25) is 0 Å². The van der Waals surface area contributed by atoms with Crippen LogP contribution in [-0.2, 0) is 6.54 Å². The van der Waals surface area contributed by atoms with Crippen molar-refractivity contribution in [2.75, 3.05) is 6.54 Å². The molecule has 0 fully saturated rings. The van der Waals surface area contributed by atoms with Crippen LogP contribution in [0.1, 0.15) is 19.5 Å². The SMILES string of the molecule is CC(C)CNCc1cc(-c2cnccn2)on1. The summed E-state index contributed by atoms with van der Waals surface area (Å²) >= 11 is 0. The summed E-state index contributed by atoms with van der Waals surface area (Å²) in [5, 5.41) is 7.29. The number of nitrogens with one attached hydrogen (secondary N) is 1. The van der Waals surface area contributed by atoms with Gasteiger partial charge in [-0.1, -0.05) is 19.0 Å². The summed E-state index contributed by atoms with van der Waals surface area (Å²) < 4.78 is 5.22. The fraction of sp³-hybridized carbons (Fsp3) is 0.417. The highest BCUT2D eigenvalue weighted by molar-refractivity contribution is 5.49. The second-order valence-electron chi connectivity index (χ2n) is 4.30. The van der Waals surface area contributed by atoms with E-state index in [1.54, 1.807) is 18.6 Å². The molecule has 90 valence electrons. The maximum atomic E-state index is 5.22. The molecule has 0 aliphatic carbocycles. The van der Waals surface area contributed by atoms with E-state index < -0.39 is 0 Å². The summed E-state index contributed by atoms with van der Waals surface area (Å²) in [5.74, 6) is 1.28. The molecule has 0 radical (unpaired) electrons. The van der Waals surface area contributed by atoms with Gasteiger partial charge < -0.3 is 9.84 Å². The van der Waals surface area contributed by atoms with E-state index in [4.69, 9.17) is 4.52 Å². The third kappa shape index (κ3) is 3.35. The topological polar surface area (TPSA) is 63.8 Å². The number of rotatable bonds is 5. The fourth-order valence-corrected chi connectivity index (χ4v) is 1.43. The Morgan fingerprint density at radius 1 is 1.35 bits per heavy atom. The molecule has 1 N–H and O–H groups in total. The maximum Gasteiger partial charge on any atom is 0.187 e. The molecule has 5 heteroatoms. The lowest BCUT2D eigenvalue weighted by molar-refractivity contribution is 0.417. The Labute approximate surface area is 100 Å². The molecule has 0 aliphatic heterocycles. The van der Waals surface area contributed by atoms with Gasteiger partial charge in [-0.05, 0) is 12.5 Å². The van der Waals surface area contributed by atoms with Crippen LogP contribution in [0.15, 0.2) is 29.2 Å². The average molecular weight is 232 g/mol. The van der Waals surface area contributed by atoms with Crippen LogP contribution >= 0.6 is 0 Å². The summed E-state index contributed by atoms with van der Waals surface area (Å²) in [6.07, 6.45) is 4.92. The quantitative estimate of drug-likeness (QED) is 0.852. The van der Waals surface area contributed by atoms with Crippen LogP contribution in [0, 0.1) is 5.92 Å². The highest BCUT2D eigenvalue weighted by atomic mass is 16.5. The Morgan fingerprint density at radius 2 is 2.24 bits per heavy atom. The van der Waals surface area contributed by atoms with Gasteiger partial charge in [-0.3, -0.25) is 4.98 Å². The Hall–Kier alpha value is -1.75. The van der Waals surface area contributed by atoms with E-state index in [0.29, 0.717) is 23.9 Å². The van der Waals surface area contributed by atoms with Crippen molar-refractivity contribution in [1.29, 1.82) is 0 Å². The molecule has 0 bridgehead atoms. The van der Waals surface area contributed by atoms with Gasteiger partial charge >= 0.3 is 0 Å². The smallest absolute Gasteiger partial charge is 0.187 e. The Morgan fingerprint density at radius 3 is 2.94 bits per heavy atom. The van der Waals surface area contributed by atoms with Crippen molar-refractivity contribution >= 4 is 0 Å². The normalized spacial score (nSPS) is 11.0. The van der Waals surface area contributed by atoms with Crippen LogP contribution in [0.25, 0.3) is 11.5 Å². The third-order valence-electron chi connectivity index (χ3n) is 2.23. The van der Waals surface area contributed by atoms with Gasteiger partial charge in [0.1, 0.15) is 5.69 Å². The number of hydrogen-bond acceptors (Lipinski definition) is 5. The molecule has 0 aromatic carbocycles. The van der Waals surface area contributed by atoms with Crippen molar-refractivity contribution in [2.24, 2.45) is 5.92 Å². The van der Waals surface area contributed by atoms with E-state index in [1.165, 1.54) is 0 Å². The summed E-state index contributed by atoms with van der Waals surface area (Å²) in [7, 11) is 0. The first-order valence-electron chi connectivity index (χ1n) is 5.68. The van der Waals surface area contributed by atoms with Crippen LogP contribution < -0.4 is 5.32 Å². The highest BCUT2D eigenvalue weighted by Crippen LogP contribution is 2.16. The average Bonchev–Trinajstić information content (AvgIpc) is 2.78. The van der Waals surface area contributed by atoms with E-state index in [-0.39, 0.29) is 0 Å². The summed E-state index contributed by atoms with van der Waals surface area (Å²) in [5.41, 5.74) is 1.58. The Balaban J connectivity index is 1.97. The zero-order valence-corrected chi connectivity index (χ0v) is 10.1. The lowest BCUT2D eigenvalue weighted by Crippen LogP contribution is -2.18. The summed E-state index contributed by atoms with van der Waals surface area (Å²) in [4.78, 5) is 8.14. The van der Waals surface area contributed by atoms with Gasteiger partial charge in [0.15, 0.2) is 5.76 Å². The molecule has 0 amide bonds. The number of nitrogens with zero attached hydrogens (tertiary/aromatic N) is 3. The number of aromatic nitrogens is 3. The molecular formula is C12H16N4O. The second kappa shape index (κ2) is 5.54. The van der Waals surface area contributed by atoms with Crippen molar-refractivity contribution in [2.45, 2.75) is 20.4 Å². The molecule has 17 heavy (non-hydrogen) atoms. The molecule has 2 heterocycles. The van der Waals surface area contributed by atoms with Crippen LogP contribution in [0.5, 0.6) is 0 Å². The van der Waals surface area contributed by atoms with Crippen molar-refractivity contribution in [1.82, 2.24) is 20.4 Å². The molecule has 0 spiro atoms. The molecule has 0 saturated carbocycles. The van der Waals surface area contributed by atoms with E-state index >= 15 is 0 Å². The van der Waals surface area contributed by atoms with E-state index in [2.05, 4.69) is 34.3 Å². The standard InChI is InChI=1S/C12H16N4O/c1-9(2)6-14-7-10-5-12(17-16-10)11-8-13-3-4-15-11/h3-5,8-9,14H,6-7H2,1-2H3. The van der Waals surface area contributed by atoms with Crippen LogP contribution in [0.3, 0.4) is 0 Å². The first-order chi connectivity index (χ1) is 8.25. The van der Waals surface area contributed by atoms with Crippen LogP contribution in [-0.4, -0.2) is 21.7 Å². The van der Waals surface area contributed by atoms with Crippen molar-refractivity contribution in [3.63, 3.8) is 0 Å². The third-order valence-corrected chi connectivity index (χ3v) is 2.23. The predicted molar refractivity (Wildman–Crippen MR) is 64.1 cm³/mol. The number of hydrogen-bond donors (Lipinski definition) is 1. The van der Waals surface area contributed by atoms with E-state index in [1.807, 2.05) is 6.07 Å². The zero-order valence-electron chi connectivity index (χ0n) is 10.1. The minimum atomic E-state index is 0.626.